The van der Waals surface area contributed by atoms with Gasteiger partial charge in [0.15, 0.2) is 0 Å². The molecule has 0 heterocycles. The Balaban J connectivity index is 2.68. The van der Waals surface area contributed by atoms with Crippen molar-refractivity contribution in [3.05, 3.63) is 48.6 Å². The number of Topliss-reactive ketones (excluding diaryl/α,β-unsaturated/α-hetero) is 1. The summed E-state index contributed by atoms with van der Waals surface area (Å²) in [5.74, 6) is -0.940. The maximum absolute atomic E-state index is 12.3. The lowest BCUT2D eigenvalue weighted by Gasteiger charge is -2.24. The fourth-order valence-corrected chi connectivity index (χ4v) is 3.07. The third-order valence-electron chi connectivity index (χ3n) is 4.69. The Bertz CT molecular complexity index is 623. The number of carbonyl (C=O) groups excluding carboxylic acids is 3. The monoisotopic (exact) mass is 374 g/mol. The second-order valence-corrected chi connectivity index (χ2v) is 6.74. The van der Waals surface area contributed by atoms with E-state index >= 15 is 0 Å². The van der Waals surface area contributed by atoms with Gasteiger partial charge in [0.05, 0.1) is 5.92 Å². The van der Waals surface area contributed by atoms with Crippen LogP contribution in [0.3, 0.4) is 0 Å². The van der Waals surface area contributed by atoms with E-state index in [9.17, 15) is 14.4 Å². The van der Waals surface area contributed by atoms with Crippen LogP contribution in [-0.2, 0) is 23.9 Å². The Morgan fingerprint density at radius 1 is 1.07 bits per heavy atom. The van der Waals surface area contributed by atoms with Crippen LogP contribution in [0.25, 0.3) is 0 Å². The van der Waals surface area contributed by atoms with E-state index in [1.807, 2.05) is 44.2 Å². The molecule has 5 nitrogen and oxygen atoms in total. The van der Waals surface area contributed by atoms with Crippen molar-refractivity contribution in [1.82, 2.24) is 0 Å². The highest BCUT2D eigenvalue weighted by atomic mass is 16.6. The van der Waals surface area contributed by atoms with Crippen LogP contribution in [-0.4, -0.2) is 30.9 Å². The number of ketones is 1. The van der Waals surface area contributed by atoms with Crippen molar-refractivity contribution in [3.8, 4) is 0 Å². The van der Waals surface area contributed by atoms with Crippen LogP contribution in [0.15, 0.2) is 43.0 Å². The molecule has 3 atom stereocenters. The van der Waals surface area contributed by atoms with Gasteiger partial charge in [-0.25, -0.2) is 4.79 Å². The summed E-state index contributed by atoms with van der Waals surface area (Å²) in [5.41, 5.74) is 1.12. The van der Waals surface area contributed by atoms with Gasteiger partial charge in [-0.15, -0.1) is 0 Å². The SMILES string of the molecule is C=CC(=O)OCCOC(=O)C(C)CC(CC(CC)C(C)=O)c1ccccc1. The summed E-state index contributed by atoms with van der Waals surface area (Å²) >= 11 is 0. The van der Waals surface area contributed by atoms with E-state index in [-0.39, 0.29) is 42.7 Å². The molecule has 0 saturated heterocycles. The average molecular weight is 374 g/mol. The van der Waals surface area contributed by atoms with Crippen LogP contribution >= 0.6 is 0 Å². The first-order valence-corrected chi connectivity index (χ1v) is 9.40. The quantitative estimate of drug-likeness (QED) is 0.313. The van der Waals surface area contributed by atoms with E-state index in [0.29, 0.717) is 12.8 Å². The first-order valence-electron chi connectivity index (χ1n) is 9.40. The molecule has 1 rings (SSSR count). The first kappa shape index (κ1) is 22.6. The minimum Gasteiger partial charge on any atom is -0.462 e. The van der Waals surface area contributed by atoms with Gasteiger partial charge in [0.1, 0.15) is 19.0 Å². The number of rotatable bonds is 12. The topological polar surface area (TPSA) is 69.7 Å². The number of carbonyl (C=O) groups is 3. The summed E-state index contributed by atoms with van der Waals surface area (Å²) in [6.07, 6.45) is 3.16. The Hall–Kier alpha value is -2.43. The van der Waals surface area contributed by atoms with Crippen LogP contribution in [0.1, 0.15) is 51.5 Å². The van der Waals surface area contributed by atoms with E-state index in [4.69, 9.17) is 9.47 Å². The van der Waals surface area contributed by atoms with Gasteiger partial charge in [-0.2, -0.15) is 0 Å². The van der Waals surface area contributed by atoms with Crippen molar-refractivity contribution in [1.29, 1.82) is 0 Å². The normalized spacial score (nSPS) is 13.9. The lowest BCUT2D eigenvalue weighted by Crippen LogP contribution is -2.22. The van der Waals surface area contributed by atoms with Crippen molar-refractivity contribution in [2.45, 2.75) is 46.0 Å². The summed E-state index contributed by atoms with van der Waals surface area (Å²) in [7, 11) is 0. The lowest BCUT2D eigenvalue weighted by atomic mass is 9.81. The van der Waals surface area contributed by atoms with E-state index in [1.54, 1.807) is 6.92 Å². The fourth-order valence-electron chi connectivity index (χ4n) is 3.07. The molecule has 0 aromatic heterocycles. The zero-order valence-corrected chi connectivity index (χ0v) is 16.5. The van der Waals surface area contributed by atoms with E-state index in [1.165, 1.54) is 0 Å². The molecule has 0 radical (unpaired) electrons. The Kier molecular flexibility index (Phi) is 10.1. The zero-order valence-electron chi connectivity index (χ0n) is 16.5. The minimum absolute atomic E-state index is 0.00761. The molecule has 5 heteroatoms. The number of hydrogen-bond donors (Lipinski definition) is 0. The molecular formula is C22H30O5. The second-order valence-electron chi connectivity index (χ2n) is 6.74. The van der Waals surface area contributed by atoms with Crippen LogP contribution < -0.4 is 0 Å². The summed E-state index contributed by atoms with van der Waals surface area (Å²) in [4.78, 5) is 35.1. The highest BCUT2D eigenvalue weighted by Gasteiger charge is 2.25. The summed E-state index contributed by atoms with van der Waals surface area (Å²) in [5, 5.41) is 0. The highest BCUT2D eigenvalue weighted by Crippen LogP contribution is 2.32. The zero-order chi connectivity index (χ0) is 20.2. The van der Waals surface area contributed by atoms with Gasteiger partial charge in [0.2, 0.25) is 0 Å². The molecule has 0 amide bonds. The van der Waals surface area contributed by atoms with Gasteiger partial charge in [-0.05, 0) is 37.7 Å². The molecular weight excluding hydrogens is 344 g/mol. The van der Waals surface area contributed by atoms with Gasteiger partial charge in [0, 0.05) is 12.0 Å². The predicted molar refractivity (Wildman–Crippen MR) is 104 cm³/mol. The van der Waals surface area contributed by atoms with Crippen molar-refractivity contribution in [2.75, 3.05) is 13.2 Å². The molecule has 27 heavy (non-hydrogen) atoms. The van der Waals surface area contributed by atoms with Crippen molar-refractivity contribution < 1.29 is 23.9 Å². The number of esters is 2. The smallest absolute Gasteiger partial charge is 0.330 e. The molecule has 148 valence electrons. The summed E-state index contributed by atoms with van der Waals surface area (Å²) in [6.45, 7) is 8.78. The molecule has 0 bridgehead atoms. The lowest BCUT2D eigenvalue weighted by molar-refractivity contribution is -0.153. The molecule has 0 saturated carbocycles. The molecule has 1 aromatic rings. The highest BCUT2D eigenvalue weighted by molar-refractivity contribution is 5.81. The van der Waals surface area contributed by atoms with Gasteiger partial charge >= 0.3 is 11.9 Å². The van der Waals surface area contributed by atoms with Crippen LogP contribution in [0.5, 0.6) is 0 Å². The van der Waals surface area contributed by atoms with Crippen molar-refractivity contribution in [3.63, 3.8) is 0 Å². The maximum Gasteiger partial charge on any atom is 0.330 e. The standard InChI is InChI=1S/C22H30O5/c1-5-18(17(4)23)15-20(19-10-8-7-9-11-19)14-16(3)22(25)27-13-12-26-21(24)6-2/h6-11,16,18,20H,2,5,12-15H2,1,3-4H3. The Labute approximate surface area is 161 Å². The molecule has 0 aliphatic heterocycles. The van der Waals surface area contributed by atoms with Crippen molar-refractivity contribution >= 4 is 17.7 Å². The fraction of sp³-hybridized carbons (Fsp3) is 0.500. The largest absolute Gasteiger partial charge is 0.462 e. The van der Waals surface area contributed by atoms with E-state index in [0.717, 1.165) is 18.1 Å². The molecule has 3 unspecified atom stereocenters. The van der Waals surface area contributed by atoms with Crippen LogP contribution in [0.4, 0.5) is 0 Å². The first-order chi connectivity index (χ1) is 12.9. The van der Waals surface area contributed by atoms with Gasteiger partial charge < -0.3 is 9.47 Å². The van der Waals surface area contributed by atoms with Crippen LogP contribution in [0.2, 0.25) is 0 Å². The van der Waals surface area contributed by atoms with E-state index < -0.39 is 5.97 Å². The minimum atomic E-state index is -0.543. The van der Waals surface area contributed by atoms with Gasteiger partial charge in [-0.1, -0.05) is 50.8 Å². The number of ether oxygens (including phenoxy) is 2. The van der Waals surface area contributed by atoms with Crippen LogP contribution in [0, 0.1) is 11.8 Å². The third-order valence-corrected chi connectivity index (χ3v) is 4.69. The number of benzene rings is 1. The molecule has 0 N–H and O–H groups in total. The Morgan fingerprint density at radius 2 is 1.70 bits per heavy atom. The molecule has 0 aliphatic rings. The predicted octanol–water partition coefficient (Wildman–Crippen LogP) is 4.07. The molecule has 0 fully saturated rings. The second kappa shape index (κ2) is 12.0. The molecule has 1 aromatic carbocycles. The third kappa shape index (κ3) is 8.20. The summed E-state index contributed by atoms with van der Waals surface area (Å²) in [6, 6.07) is 9.95. The molecule has 0 aliphatic carbocycles. The van der Waals surface area contributed by atoms with E-state index in [2.05, 4.69) is 6.58 Å². The number of hydrogen-bond acceptors (Lipinski definition) is 5. The summed E-state index contributed by atoms with van der Waals surface area (Å²) < 4.78 is 9.99. The average Bonchev–Trinajstić information content (AvgIpc) is 2.68. The Morgan fingerprint density at radius 3 is 2.26 bits per heavy atom. The maximum atomic E-state index is 12.3. The van der Waals surface area contributed by atoms with Gasteiger partial charge in [0.25, 0.3) is 0 Å². The van der Waals surface area contributed by atoms with Gasteiger partial charge in [-0.3, -0.25) is 9.59 Å². The van der Waals surface area contributed by atoms with Crippen molar-refractivity contribution in [2.24, 2.45) is 11.8 Å². The molecule has 0 spiro atoms.